The Hall–Kier alpha value is -6.78. The van der Waals surface area contributed by atoms with Crippen molar-refractivity contribution in [3.8, 4) is 22.3 Å². The second-order valence-corrected chi connectivity index (χ2v) is 12.8. The highest BCUT2D eigenvalue weighted by Crippen LogP contribution is 2.36. The van der Waals surface area contributed by atoms with Crippen LogP contribution in [0.15, 0.2) is 190 Å². The molecular formula is C47H33N3O. The van der Waals surface area contributed by atoms with E-state index >= 15 is 0 Å². The van der Waals surface area contributed by atoms with E-state index in [1.807, 2.05) is 48.5 Å². The van der Waals surface area contributed by atoms with Crippen LogP contribution in [0.2, 0.25) is 0 Å². The Bertz CT molecular complexity index is 2780. The number of nitrogens with two attached hydrogens (primary N) is 1. The van der Waals surface area contributed by atoms with Gasteiger partial charge in [-0.1, -0.05) is 152 Å². The number of para-hydroxylation sites is 1. The highest BCUT2D eigenvalue weighted by Gasteiger charge is 2.14. The molecule has 9 aromatic rings. The zero-order valence-corrected chi connectivity index (χ0v) is 27.8. The SMILES string of the molecule is NC(=NC(=NCc1ccc(-c2ccccc2)cc1)c1ccc2c(ccc3ccccc32)c1)c1cccc(-c2cccc3oc4ccccc4c23)c1. The topological polar surface area (TPSA) is 63.9 Å². The van der Waals surface area contributed by atoms with E-state index in [9.17, 15) is 0 Å². The van der Waals surface area contributed by atoms with E-state index in [0.29, 0.717) is 18.2 Å². The molecule has 9 rings (SSSR count). The van der Waals surface area contributed by atoms with Crippen molar-refractivity contribution in [1.29, 1.82) is 0 Å². The molecule has 0 aliphatic rings. The zero-order chi connectivity index (χ0) is 34.1. The Morgan fingerprint density at radius 3 is 2.06 bits per heavy atom. The van der Waals surface area contributed by atoms with Gasteiger partial charge in [-0.3, -0.25) is 4.99 Å². The molecule has 0 aliphatic carbocycles. The highest BCUT2D eigenvalue weighted by molar-refractivity contribution is 6.15. The fourth-order valence-corrected chi connectivity index (χ4v) is 6.98. The predicted molar refractivity (Wildman–Crippen MR) is 213 cm³/mol. The number of amidine groups is 2. The van der Waals surface area contributed by atoms with Gasteiger partial charge in [0, 0.05) is 21.9 Å². The third-order valence-electron chi connectivity index (χ3n) is 9.57. The van der Waals surface area contributed by atoms with Gasteiger partial charge in [0.15, 0.2) is 5.84 Å². The molecule has 0 radical (unpaired) electrons. The molecule has 2 N–H and O–H groups in total. The lowest BCUT2D eigenvalue weighted by Gasteiger charge is -2.10. The fraction of sp³-hybridized carbons (Fsp3) is 0.0213. The van der Waals surface area contributed by atoms with E-state index < -0.39 is 0 Å². The normalized spacial score (nSPS) is 12.3. The van der Waals surface area contributed by atoms with Crippen LogP contribution in [-0.2, 0) is 6.54 Å². The molecule has 242 valence electrons. The fourth-order valence-electron chi connectivity index (χ4n) is 6.98. The standard InChI is InChI=1S/C47H33N3O/c48-46(37-14-8-13-35(28-37)41-17-9-19-44-45(41)42-16-6-7-18-43(42)51-44)50-47(49-30-31-20-22-33(23-21-31)32-10-2-1-3-11-32)38-26-27-40-36(29-38)25-24-34-12-4-5-15-39(34)40/h1-29H,30H2,(H2,48,49,50). The van der Waals surface area contributed by atoms with Crippen LogP contribution < -0.4 is 5.73 Å². The molecular weight excluding hydrogens is 623 g/mol. The van der Waals surface area contributed by atoms with Crippen LogP contribution >= 0.6 is 0 Å². The maximum absolute atomic E-state index is 6.85. The molecule has 0 aliphatic heterocycles. The molecule has 4 nitrogen and oxygen atoms in total. The largest absolute Gasteiger partial charge is 0.456 e. The molecule has 8 aromatic carbocycles. The van der Waals surface area contributed by atoms with Crippen molar-refractivity contribution in [3.05, 3.63) is 193 Å². The monoisotopic (exact) mass is 655 g/mol. The minimum absolute atomic E-state index is 0.401. The lowest BCUT2D eigenvalue weighted by atomic mass is 9.97. The maximum Gasteiger partial charge on any atom is 0.157 e. The number of rotatable bonds is 6. The lowest BCUT2D eigenvalue weighted by molar-refractivity contribution is 0.669. The number of aliphatic imine (C=N–C) groups is 2. The summed E-state index contributed by atoms with van der Waals surface area (Å²) in [5.41, 5.74) is 15.9. The van der Waals surface area contributed by atoms with E-state index in [0.717, 1.165) is 55.1 Å². The molecule has 0 saturated heterocycles. The quantitative estimate of drug-likeness (QED) is 0.110. The Morgan fingerprint density at radius 2 is 1.18 bits per heavy atom. The van der Waals surface area contributed by atoms with E-state index in [4.69, 9.17) is 20.1 Å². The van der Waals surface area contributed by atoms with E-state index in [-0.39, 0.29) is 0 Å². The minimum atomic E-state index is 0.401. The summed E-state index contributed by atoms with van der Waals surface area (Å²) in [4.78, 5) is 10.1. The summed E-state index contributed by atoms with van der Waals surface area (Å²) in [5, 5.41) is 6.93. The smallest absolute Gasteiger partial charge is 0.157 e. The summed E-state index contributed by atoms with van der Waals surface area (Å²) in [7, 11) is 0. The van der Waals surface area contributed by atoms with Crippen LogP contribution in [-0.4, -0.2) is 11.7 Å². The van der Waals surface area contributed by atoms with Gasteiger partial charge in [0.25, 0.3) is 0 Å². The summed E-state index contributed by atoms with van der Waals surface area (Å²) < 4.78 is 6.18. The van der Waals surface area contributed by atoms with Crippen LogP contribution in [0.1, 0.15) is 16.7 Å². The average molecular weight is 656 g/mol. The first-order valence-corrected chi connectivity index (χ1v) is 17.1. The molecule has 4 heteroatoms. The van der Waals surface area contributed by atoms with E-state index in [1.54, 1.807) is 0 Å². The van der Waals surface area contributed by atoms with Gasteiger partial charge >= 0.3 is 0 Å². The van der Waals surface area contributed by atoms with Crippen LogP contribution in [0.3, 0.4) is 0 Å². The Kier molecular flexibility index (Phi) is 7.67. The van der Waals surface area contributed by atoms with Gasteiger partial charge in [0.05, 0.1) is 6.54 Å². The lowest BCUT2D eigenvalue weighted by Crippen LogP contribution is -2.16. The Balaban J connectivity index is 1.11. The summed E-state index contributed by atoms with van der Waals surface area (Å²) >= 11 is 0. The molecule has 0 spiro atoms. The van der Waals surface area contributed by atoms with Gasteiger partial charge < -0.3 is 10.2 Å². The molecule has 0 saturated carbocycles. The first-order chi connectivity index (χ1) is 25.2. The van der Waals surface area contributed by atoms with E-state index in [1.165, 1.54) is 27.3 Å². The molecule has 0 amide bonds. The van der Waals surface area contributed by atoms with E-state index in [2.05, 4.69) is 127 Å². The Labute approximate surface area is 295 Å². The van der Waals surface area contributed by atoms with Crippen LogP contribution in [0, 0.1) is 0 Å². The molecule has 1 aromatic heterocycles. The number of benzene rings is 8. The summed E-state index contributed by atoms with van der Waals surface area (Å²) in [6.45, 7) is 0.465. The Morgan fingerprint density at radius 1 is 0.490 bits per heavy atom. The van der Waals surface area contributed by atoms with Crippen molar-refractivity contribution in [1.82, 2.24) is 0 Å². The third-order valence-corrected chi connectivity index (χ3v) is 9.57. The van der Waals surface area contributed by atoms with Crippen LogP contribution in [0.4, 0.5) is 0 Å². The zero-order valence-electron chi connectivity index (χ0n) is 27.8. The molecule has 0 fully saturated rings. The number of furan rings is 1. The van der Waals surface area contributed by atoms with Crippen molar-refractivity contribution >= 4 is 55.2 Å². The maximum atomic E-state index is 6.85. The van der Waals surface area contributed by atoms with Crippen LogP contribution in [0.5, 0.6) is 0 Å². The molecule has 0 unspecified atom stereocenters. The predicted octanol–water partition coefficient (Wildman–Crippen LogP) is 11.6. The van der Waals surface area contributed by atoms with Gasteiger partial charge in [-0.2, -0.15) is 0 Å². The minimum Gasteiger partial charge on any atom is -0.456 e. The number of fused-ring (bicyclic) bond motifs is 6. The second kappa shape index (κ2) is 12.9. The first-order valence-electron chi connectivity index (χ1n) is 17.1. The summed E-state index contributed by atoms with van der Waals surface area (Å²) in [5.74, 6) is 0.987. The molecule has 0 atom stereocenters. The van der Waals surface area contributed by atoms with Crippen molar-refractivity contribution in [2.24, 2.45) is 15.7 Å². The van der Waals surface area contributed by atoms with Crippen molar-refractivity contribution in [3.63, 3.8) is 0 Å². The average Bonchev–Trinajstić information content (AvgIpc) is 3.59. The van der Waals surface area contributed by atoms with Crippen molar-refractivity contribution in [2.45, 2.75) is 6.54 Å². The summed E-state index contributed by atoms with van der Waals surface area (Å²) in [6, 6.07) is 60.8. The van der Waals surface area contributed by atoms with Gasteiger partial charge in [0.2, 0.25) is 0 Å². The van der Waals surface area contributed by atoms with Crippen molar-refractivity contribution in [2.75, 3.05) is 0 Å². The number of nitrogens with zero attached hydrogens (tertiary/aromatic N) is 2. The molecule has 51 heavy (non-hydrogen) atoms. The van der Waals surface area contributed by atoms with Gasteiger partial charge in [-0.15, -0.1) is 0 Å². The first kappa shape index (κ1) is 30.3. The van der Waals surface area contributed by atoms with Crippen LogP contribution in [0.25, 0.3) is 65.7 Å². The molecule has 1 heterocycles. The second-order valence-electron chi connectivity index (χ2n) is 12.8. The third kappa shape index (κ3) is 5.83. The number of hydrogen-bond donors (Lipinski definition) is 1. The number of hydrogen-bond acceptors (Lipinski definition) is 2. The van der Waals surface area contributed by atoms with Gasteiger partial charge in [-0.25, -0.2) is 4.99 Å². The highest BCUT2D eigenvalue weighted by atomic mass is 16.3. The summed E-state index contributed by atoms with van der Waals surface area (Å²) in [6.07, 6.45) is 0. The molecule has 0 bridgehead atoms. The van der Waals surface area contributed by atoms with Gasteiger partial charge in [-0.05, 0) is 73.6 Å². The van der Waals surface area contributed by atoms with Crippen molar-refractivity contribution < 1.29 is 4.42 Å². The van der Waals surface area contributed by atoms with Gasteiger partial charge in [0.1, 0.15) is 17.0 Å².